The standard InChI is InChI=1S/C12H19N.C9H14.C5H10.C4H8S.3C2H6/c1-6-10(4)7-12(9(2)3)8-11(5)13;1-3-9-6-4-8(2)5-7-9;1-4-5(2)3;1-3-4(2)5;3*1-2/h7-8H,2,5-6,13H2,1,3-4H3;4,6H,3,5,7H2,1-2H3;2,4H2,1,3H3;3,5H,1-2H3;3*1-2H3/b10-7+,12-8+;;;4-3+;;;. The molecule has 38 heavy (non-hydrogen) atoms. The van der Waals surface area contributed by atoms with Gasteiger partial charge in [0.15, 0.2) is 0 Å². The summed E-state index contributed by atoms with van der Waals surface area (Å²) in [5.74, 6) is 0. The molecule has 2 N–H and O–H groups in total. The van der Waals surface area contributed by atoms with Gasteiger partial charge in [0.05, 0.1) is 0 Å². The van der Waals surface area contributed by atoms with Gasteiger partial charge in [0.2, 0.25) is 0 Å². The van der Waals surface area contributed by atoms with E-state index < -0.39 is 0 Å². The maximum Gasteiger partial charge on any atom is 0.0247 e. The van der Waals surface area contributed by atoms with Gasteiger partial charge < -0.3 is 5.73 Å². The second kappa shape index (κ2) is 39.6. The molecule has 0 fully saturated rings. The normalized spacial score (nSPS) is 11.9. The van der Waals surface area contributed by atoms with Gasteiger partial charge in [0, 0.05) is 5.70 Å². The summed E-state index contributed by atoms with van der Waals surface area (Å²) in [5, 5.41) is 0. The molecule has 0 bridgehead atoms. The second-order valence-corrected chi connectivity index (χ2v) is 8.94. The first-order valence-corrected chi connectivity index (χ1v) is 15.1. The molecule has 0 amide bonds. The monoisotopic (exact) mass is 548 g/mol. The van der Waals surface area contributed by atoms with Crippen molar-refractivity contribution in [3.05, 3.63) is 94.2 Å². The van der Waals surface area contributed by atoms with Gasteiger partial charge in [0.25, 0.3) is 0 Å². The summed E-state index contributed by atoms with van der Waals surface area (Å²) in [7, 11) is 0. The Labute approximate surface area is 248 Å². The first-order chi connectivity index (χ1) is 17.8. The van der Waals surface area contributed by atoms with E-state index in [2.05, 4.69) is 85.2 Å². The van der Waals surface area contributed by atoms with Crippen LogP contribution in [-0.2, 0) is 0 Å². The van der Waals surface area contributed by atoms with Gasteiger partial charge in [-0.1, -0.05) is 128 Å². The van der Waals surface area contributed by atoms with Gasteiger partial charge in [-0.2, -0.15) is 0 Å². The molecule has 224 valence electrons. The van der Waals surface area contributed by atoms with Crippen molar-refractivity contribution in [3.63, 3.8) is 0 Å². The van der Waals surface area contributed by atoms with Gasteiger partial charge in [-0.25, -0.2) is 0 Å². The molecule has 0 atom stereocenters. The fraction of sp³-hybridized carbons (Fsp3) is 0.556. The maximum atomic E-state index is 5.51. The van der Waals surface area contributed by atoms with Gasteiger partial charge >= 0.3 is 0 Å². The van der Waals surface area contributed by atoms with Crippen molar-refractivity contribution in [1.29, 1.82) is 0 Å². The van der Waals surface area contributed by atoms with E-state index in [9.17, 15) is 0 Å². The average molecular weight is 548 g/mol. The molecule has 1 nitrogen and oxygen atoms in total. The van der Waals surface area contributed by atoms with Crippen molar-refractivity contribution >= 4 is 12.6 Å². The molecule has 1 rings (SSSR count). The third-order valence-corrected chi connectivity index (χ3v) is 4.97. The number of nitrogens with two attached hydrogens (primary N) is 1. The Morgan fingerprint density at radius 1 is 0.842 bits per heavy atom. The Hall–Kier alpha value is -1.93. The van der Waals surface area contributed by atoms with E-state index in [4.69, 9.17) is 5.73 Å². The van der Waals surface area contributed by atoms with E-state index in [0.29, 0.717) is 5.70 Å². The topological polar surface area (TPSA) is 26.0 Å². The van der Waals surface area contributed by atoms with Crippen molar-refractivity contribution < 1.29 is 0 Å². The zero-order valence-corrected chi connectivity index (χ0v) is 29.5. The highest BCUT2D eigenvalue weighted by atomic mass is 32.1. The number of hydrogen-bond acceptors (Lipinski definition) is 2. The Bertz CT molecular complexity index is 720. The molecule has 0 saturated heterocycles. The summed E-state index contributed by atoms with van der Waals surface area (Å²) in [5.41, 5.74) is 13.8. The van der Waals surface area contributed by atoms with Crippen LogP contribution in [0.2, 0.25) is 0 Å². The first kappa shape index (κ1) is 49.1. The summed E-state index contributed by atoms with van der Waals surface area (Å²) in [6.07, 6.45) is 16.3. The van der Waals surface area contributed by atoms with Crippen molar-refractivity contribution in [2.45, 2.75) is 136 Å². The largest absolute Gasteiger partial charge is 0.399 e. The van der Waals surface area contributed by atoms with E-state index >= 15 is 0 Å². The summed E-state index contributed by atoms with van der Waals surface area (Å²) in [4.78, 5) is 1.07. The van der Waals surface area contributed by atoms with Crippen molar-refractivity contribution in [1.82, 2.24) is 0 Å². The fourth-order valence-electron chi connectivity index (χ4n) is 1.93. The molecule has 0 radical (unpaired) electrons. The number of hydrogen-bond donors (Lipinski definition) is 2. The molecule has 0 unspecified atom stereocenters. The highest BCUT2D eigenvalue weighted by Crippen LogP contribution is 2.19. The molecule has 2 heteroatoms. The Kier molecular flexibility index (Phi) is 51.1. The van der Waals surface area contributed by atoms with Crippen LogP contribution in [0.25, 0.3) is 0 Å². The average Bonchev–Trinajstić information content (AvgIpc) is 2.92. The van der Waals surface area contributed by atoms with Crippen LogP contribution in [0.3, 0.4) is 0 Å². The fourth-order valence-corrected chi connectivity index (χ4v) is 1.93. The van der Waals surface area contributed by atoms with Crippen molar-refractivity contribution in [2.75, 3.05) is 0 Å². The first-order valence-electron chi connectivity index (χ1n) is 14.6. The van der Waals surface area contributed by atoms with Crippen LogP contribution in [0.1, 0.15) is 136 Å². The molecule has 0 aliphatic heterocycles. The molecule has 1 aliphatic rings. The highest BCUT2D eigenvalue weighted by molar-refractivity contribution is 7.84. The number of allylic oxidation sites excluding steroid dienone is 12. The third kappa shape index (κ3) is 47.3. The molecule has 0 saturated carbocycles. The SMILES string of the molecule is C/C=C(\C)S.C=C(C)CC.C=C(N)/C=C(\C=C(/C)CC)C(=C)C.CC.CC.CC.CCC1=CC=C(C)CC1. The van der Waals surface area contributed by atoms with E-state index in [1.54, 1.807) is 5.57 Å². The minimum atomic E-state index is 0.568. The molecule has 0 aromatic rings. The maximum absolute atomic E-state index is 5.51. The zero-order valence-electron chi connectivity index (χ0n) is 28.6. The molecule has 0 aromatic carbocycles. The molecule has 1 aliphatic carbocycles. The summed E-state index contributed by atoms with van der Waals surface area (Å²) >= 11 is 3.96. The summed E-state index contributed by atoms with van der Waals surface area (Å²) in [6.45, 7) is 41.8. The van der Waals surface area contributed by atoms with Crippen LogP contribution in [0.5, 0.6) is 0 Å². The minimum Gasteiger partial charge on any atom is -0.399 e. The van der Waals surface area contributed by atoms with Crippen LogP contribution in [0.4, 0.5) is 0 Å². The lowest BCUT2D eigenvalue weighted by Crippen LogP contribution is -1.92. The van der Waals surface area contributed by atoms with E-state index in [-0.39, 0.29) is 0 Å². The quantitative estimate of drug-likeness (QED) is 0.193. The summed E-state index contributed by atoms with van der Waals surface area (Å²) < 4.78 is 0. The molecular formula is C36H69NS. The van der Waals surface area contributed by atoms with Crippen LogP contribution in [0, 0.1) is 0 Å². The lowest BCUT2D eigenvalue weighted by molar-refractivity contribution is 0.857. The highest BCUT2D eigenvalue weighted by Gasteiger charge is 1.99. The Balaban J connectivity index is -0.0000000893. The Morgan fingerprint density at radius 3 is 1.47 bits per heavy atom. The van der Waals surface area contributed by atoms with Gasteiger partial charge in [-0.05, 0) is 90.2 Å². The van der Waals surface area contributed by atoms with Gasteiger partial charge in [0.1, 0.15) is 0 Å². The predicted octanol–water partition coefficient (Wildman–Crippen LogP) is 13.3. The molecular weight excluding hydrogens is 478 g/mol. The van der Waals surface area contributed by atoms with Gasteiger partial charge in [-0.3, -0.25) is 0 Å². The summed E-state index contributed by atoms with van der Waals surface area (Å²) in [6, 6.07) is 0. The minimum absolute atomic E-state index is 0.568. The molecule has 0 heterocycles. The van der Waals surface area contributed by atoms with Crippen LogP contribution in [-0.4, -0.2) is 0 Å². The van der Waals surface area contributed by atoms with Crippen LogP contribution >= 0.6 is 12.6 Å². The van der Waals surface area contributed by atoms with E-state index in [1.165, 1.54) is 36.0 Å². The molecule has 0 spiro atoms. The number of rotatable bonds is 6. The lowest BCUT2D eigenvalue weighted by atomic mass is 9.98. The number of thiol groups is 1. The van der Waals surface area contributed by atoms with Crippen molar-refractivity contribution in [3.8, 4) is 0 Å². The Morgan fingerprint density at radius 2 is 1.26 bits per heavy atom. The van der Waals surface area contributed by atoms with Crippen LogP contribution < -0.4 is 5.73 Å². The zero-order chi connectivity index (χ0) is 31.7. The predicted molar refractivity (Wildman–Crippen MR) is 189 cm³/mol. The van der Waals surface area contributed by atoms with E-state index in [1.807, 2.05) is 81.4 Å². The van der Waals surface area contributed by atoms with Crippen LogP contribution in [0.15, 0.2) is 94.2 Å². The van der Waals surface area contributed by atoms with E-state index in [0.717, 1.165) is 28.9 Å². The second-order valence-electron chi connectivity index (χ2n) is 8.23. The molecule has 0 aromatic heterocycles. The third-order valence-electron chi connectivity index (χ3n) is 4.71. The smallest absolute Gasteiger partial charge is 0.0247 e. The lowest BCUT2D eigenvalue weighted by Gasteiger charge is -2.08. The van der Waals surface area contributed by atoms with Crippen molar-refractivity contribution in [2.24, 2.45) is 5.73 Å². The van der Waals surface area contributed by atoms with Gasteiger partial charge in [-0.15, -0.1) is 19.2 Å².